The van der Waals surface area contributed by atoms with Crippen LogP contribution in [0.1, 0.15) is 20.3 Å². The van der Waals surface area contributed by atoms with Crippen molar-refractivity contribution in [3.63, 3.8) is 0 Å². The Bertz CT molecular complexity index is 532. The van der Waals surface area contributed by atoms with E-state index in [1.807, 2.05) is 6.26 Å². The molecular formula is C15H28N4O7S. The van der Waals surface area contributed by atoms with Gasteiger partial charge >= 0.3 is 5.97 Å². The molecule has 156 valence electrons. The molecule has 0 saturated carbocycles. The van der Waals surface area contributed by atoms with Crippen LogP contribution in [0, 0.1) is 0 Å². The zero-order valence-corrected chi connectivity index (χ0v) is 16.3. The molecule has 0 aromatic carbocycles. The van der Waals surface area contributed by atoms with E-state index in [9.17, 15) is 24.3 Å². The van der Waals surface area contributed by atoms with Crippen molar-refractivity contribution in [2.24, 2.45) is 5.73 Å². The van der Waals surface area contributed by atoms with Crippen molar-refractivity contribution < 1.29 is 34.5 Å². The SMILES string of the molecule is CSCCC(NC(=O)C(N)C(C)O)C(=O)NC(C)C(=O)NC(CO)C(=O)O. The smallest absolute Gasteiger partial charge is 0.328 e. The van der Waals surface area contributed by atoms with Gasteiger partial charge in [-0.05, 0) is 32.3 Å². The summed E-state index contributed by atoms with van der Waals surface area (Å²) >= 11 is 1.44. The Kier molecular flexibility index (Phi) is 11.6. The third-order valence-electron chi connectivity index (χ3n) is 3.62. The summed E-state index contributed by atoms with van der Waals surface area (Å²) in [5, 5.41) is 34.0. The van der Waals surface area contributed by atoms with Crippen LogP contribution in [-0.2, 0) is 19.2 Å². The molecule has 0 heterocycles. The molecule has 27 heavy (non-hydrogen) atoms. The molecule has 0 bridgehead atoms. The summed E-state index contributed by atoms with van der Waals surface area (Å²) in [6, 6.07) is -4.80. The molecule has 0 spiro atoms. The Hall–Kier alpha value is -1.89. The predicted molar refractivity (Wildman–Crippen MR) is 98.8 cm³/mol. The minimum absolute atomic E-state index is 0.258. The molecule has 0 aliphatic rings. The third-order valence-corrected chi connectivity index (χ3v) is 4.26. The highest BCUT2D eigenvalue weighted by atomic mass is 32.2. The van der Waals surface area contributed by atoms with E-state index >= 15 is 0 Å². The van der Waals surface area contributed by atoms with E-state index in [0.717, 1.165) is 0 Å². The van der Waals surface area contributed by atoms with Gasteiger partial charge in [0.25, 0.3) is 0 Å². The molecule has 0 aromatic heterocycles. The van der Waals surface area contributed by atoms with Crippen LogP contribution in [0.15, 0.2) is 0 Å². The Morgan fingerprint density at radius 2 is 1.56 bits per heavy atom. The van der Waals surface area contributed by atoms with Crippen molar-refractivity contribution in [2.75, 3.05) is 18.6 Å². The fraction of sp³-hybridized carbons (Fsp3) is 0.733. The van der Waals surface area contributed by atoms with E-state index in [1.165, 1.54) is 25.6 Å². The van der Waals surface area contributed by atoms with Gasteiger partial charge in [-0.15, -0.1) is 0 Å². The van der Waals surface area contributed by atoms with Crippen molar-refractivity contribution in [3.05, 3.63) is 0 Å². The molecule has 0 saturated heterocycles. The molecule has 0 aliphatic heterocycles. The lowest BCUT2D eigenvalue weighted by Crippen LogP contribution is -2.57. The number of carbonyl (C=O) groups excluding carboxylic acids is 3. The van der Waals surface area contributed by atoms with Crippen molar-refractivity contribution in [3.8, 4) is 0 Å². The van der Waals surface area contributed by atoms with Gasteiger partial charge in [-0.25, -0.2) is 4.79 Å². The number of nitrogens with two attached hydrogens (primary N) is 1. The Morgan fingerprint density at radius 3 is 2.00 bits per heavy atom. The number of rotatable bonds is 12. The van der Waals surface area contributed by atoms with Gasteiger partial charge in [0.1, 0.15) is 24.2 Å². The highest BCUT2D eigenvalue weighted by Gasteiger charge is 2.28. The van der Waals surface area contributed by atoms with Gasteiger partial charge in [-0.1, -0.05) is 0 Å². The second-order valence-corrected chi connectivity index (χ2v) is 6.91. The number of thioether (sulfide) groups is 1. The maximum atomic E-state index is 12.4. The zero-order chi connectivity index (χ0) is 21.1. The monoisotopic (exact) mass is 408 g/mol. The lowest BCUT2D eigenvalue weighted by molar-refractivity contribution is -0.143. The molecule has 5 atom stereocenters. The molecule has 11 nitrogen and oxygen atoms in total. The Morgan fingerprint density at radius 1 is 1.00 bits per heavy atom. The lowest BCUT2D eigenvalue weighted by Gasteiger charge is -2.23. The van der Waals surface area contributed by atoms with Gasteiger partial charge in [-0.3, -0.25) is 14.4 Å². The highest BCUT2D eigenvalue weighted by molar-refractivity contribution is 7.98. The first-order chi connectivity index (χ1) is 12.5. The topological polar surface area (TPSA) is 191 Å². The van der Waals surface area contributed by atoms with Gasteiger partial charge in [0.15, 0.2) is 0 Å². The van der Waals surface area contributed by atoms with Gasteiger partial charge < -0.3 is 37.0 Å². The van der Waals surface area contributed by atoms with Gasteiger partial charge in [0.2, 0.25) is 17.7 Å². The fourth-order valence-corrected chi connectivity index (χ4v) is 2.32. The largest absolute Gasteiger partial charge is 0.480 e. The Labute approximate surface area is 161 Å². The second-order valence-electron chi connectivity index (χ2n) is 5.92. The van der Waals surface area contributed by atoms with Crippen molar-refractivity contribution in [1.82, 2.24) is 16.0 Å². The van der Waals surface area contributed by atoms with Crippen LogP contribution in [0.25, 0.3) is 0 Å². The molecule has 12 heteroatoms. The summed E-state index contributed by atoms with van der Waals surface area (Å²) in [6.45, 7) is 1.87. The summed E-state index contributed by atoms with van der Waals surface area (Å²) in [5.74, 6) is -3.06. The van der Waals surface area contributed by atoms with Crippen molar-refractivity contribution in [2.45, 2.75) is 50.5 Å². The molecule has 0 aromatic rings. The van der Waals surface area contributed by atoms with Gasteiger partial charge in [0, 0.05) is 0 Å². The van der Waals surface area contributed by atoms with E-state index in [4.69, 9.17) is 15.9 Å². The van der Waals surface area contributed by atoms with Crippen molar-refractivity contribution >= 4 is 35.5 Å². The summed E-state index contributed by atoms with van der Waals surface area (Å²) in [5.41, 5.74) is 5.54. The molecule has 0 rings (SSSR count). The number of carboxylic acids is 1. The van der Waals surface area contributed by atoms with Crippen LogP contribution in [0.4, 0.5) is 0 Å². The zero-order valence-electron chi connectivity index (χ0n) is 15.5. The summed E-state index contributed by atoms with van der Waals surface area (Å²) < 4.78 is 0. The number of aliphatic hydroxyl groups is 2. The van der Waals surface area contributed by atoms with Crippen molar-refractivity contribution in [1.29, 1.82) is 0 Å². The van der Waals surface area contributed by atoms with Gasteiger partial charge in [-0.2, -0.15) is 11.8 Å². The van der Waals surface area contributed by atoms with E-state index in [1.54, 1.807) is 0 Å². The number of aliphatic hydroxyl groups excluding tert-OH is 2. The maximum Gasteiger partial charge on any atom is 0.328 e. The minimum Gasteiger partial charge on any atom is -0.480 e. The van der Waals surface area contributed by atoms with Crippen LogP contribution in [0.2, 0.25) is 0 Å². The minimum atomic E-state index is -1.49. The number of carbonyl (C=O) groups is 4. The average Bonchev–Trinajstić information content (AvgIpc) is 2.61. The number of hydrogen-bond donors (Lipinski definition) is 7. The molecule has 3 amide bonds. The predicted octanol–water partition coefficient (Wildman–Crippen LogP) is -3.00. The standard InChI is InChI=1S/C15H28N4O7S/c1-7(12(22)19-10(6-20)15(25)26)17-13(23)9(4-5-27-3)18-14(24)11(16)8(2)21/h7-11,20-21H,4-6,16H2,1-3H3,(H,17,23)(H,18,24)(H,19,22)(H,25,26). The summed E-state index contributed by atoms with van der Waals surface area (Å²) in [7, 11) is 0. The molecule has 5 unspecified atom stereocenters. The summed E-state index contributed by atoms with van der Waals surface area (Å²) in [4.78, 5) is 47.2. The first-order valence-corrected chi connectivity index (χ1v) is 9.61. The molecule has 0 aliphatic carbocycles. The first kappa shape index (κ1) is 25.1. The van der Waals surface area contributed by atoms with Crippen LogP contribution < -0.4 is 21.7 Å². The normalized spacial score (nSPS) is 16.4. The van der Waals surface area contributed by atoms with Crippen LogP contribution in [0.3, 0.4) is 0 Å². The second kappa shape index (κ2) is 12.5. The molecule has 0 radical (unpaired) electrons. The molecule has 0 fully saturated rings. The molecule has 8 N–H and O–H groups in total. The highest BCUT2D eigenvalue weighted by Crippen LogP contribution is 2.03. The summed E-state index contributed by atoms with van der Waals surface area (Å²) in [6.07, 6.45) is 0.967. The van der Waals surface area contributed by atoms with E-state index < -0.39 is 60.6 Å². The quantitative estimate of drug-likeness (QED) is 0.176. The van der Waals surface area contributed by atoms with E-state index in [-0.39, 0.29) is 6.42 Å². The third kappa shape index (κ3) is 9.04. The van der Waals surface area contributed by atoms with Crippen LogP contribution in [0.5, 0.6) is 0 Å². The van der Waals surface area contributed by atoms with E-state index in [0.29, 0.717) is 5.75 Å². The lowest BCUT2D eigenvalue weighted by atomic mass is 10.1. The number of carboxylic acid groups (broad SMARTS) is 1. The first-order valence-electron chi connectivity index (χ1n) is 8.22. The number of aliphatic carboxylic acids is 1. The maximum absolute atomic E-state index is 12.4. The van der Waals surface area contributed by atoms with Crippen LogP contribution in [-0.4, -0.2) is 87.9 Å². The number of amides is 3. The average molecular weight is 408 g/mol. The van der Waals surface area contributed by atoms with Crippen LogP contribution >= 0.6 is 11.8 Å². The van der Waals surface area contributed by atoms with Gasteiger partial charge in [0.05, 0.1) is 12.7 Å². The number of nitrogens with one attached hydrogen (secondary N) is 3. The number of hydrogen-bond acceptors (Lipinski definition) is 8. The van der Waals surface area contributed by atoms with E-state index in [2.05, 4.69) is 16.0 Å². The fourth-order valence-electron chi connectivity index (χ4n) is 1.85. The Balaban J connectivity index is 4.94. The molecular weight excluding hydrogens is 380 g/mol.